The second-order valence-corrected chi connectivity index (χ2v) is 4.67. The molecule has 1 fully saturated rings. The molecule has 1 aliphatic heterocycles. The van der Waals surface area contributed by atoms with Gasteiger partial charge < -0.3 is 20.1 Å². The van der Waals surface area contributed by atoms with Crippen LogP contribution in [0.2, 0.25) is 0 Å². The van der Waals surface area contributed by atoms with E-state index in [1.807, 2.05) is 0 Å². The number of para-hydroxylation sites is 2. The molecule has 2 rings (SSSR count). The number of aliphatic carboxylic acids is 1. The molecule has 1 heterocycles. The first-order chi connectivity index (χ1) is 9.95. The average Bonchev–Trinajstić information content (AvgIpc) is 2.34. The van der Waals surface area contributed by atoms with Gasteiger partial charge in [0, 0.05) is 19.0 Å². The number of hydrogen-bond donors (Lipinski definition) is 2. The third-order valence-electron chi connectivity index (χ3n) is 3.05. The number of benzene rings is 1. The lowest BCUT2D eigenvalue weighted by Crippen LogP contribution is -2.52. The first kappa shape index (κ1) is 15.0. The predicted octanol–water partition coefficient (Wildman–Crippen LogP) is 2.23. The van der Waals surface area contributed by atoms with Crippen LogP contribution >= 0.6 is 0 Å². The van der Waals surface area contributed by atoms with Crippen LogP contribution in [0.5, 0.6) is 5.75 Å². The maximum atomic E-state index is 12.2. The number of ether oxygens (including phenoxy) is 1. The van der Waals surface area contributed by atoms with Gasteiger partial charge in [-0.15, -0.1) is 0 Å². The predicted molar refractivity (Wildman–Crippen MR) is 69.4 cm³/mol. The van der Waals surface area contributed by atoms with Crippen molar-refractivity contribution in [1.82, 2.24) is 4.90 Å². The Kier molecular flexibility index (Phi) is 4.56. The topological polar surface area (TPSA) is 78.9 Å². The molecule has 0 aliphatic carbocycles. The van der Waals surface area contributed by atoms with Crippen LogP contribution in [0.1, 0.15) is 6.42 Å². The van der Waals surface area contributed by atoms with Gasteiger partial charge in [-0.2, -0.15) is 8.78 Å². The first-order valence-corrected chi connectivity index (χ1v) is 6.27. The summed E-state index contributed by atoms with van der Waals surface area (Å²) in [6.45, 7) is -2.32. The molecule has 6 nitrogen and oxygen atoms in total. The third-order valence-corrected chi connectivity index (χ3v) is 3.05. The number of nitrogens with zero attached hydrogens (tertiary/aromatic N) is 1. The van der Waals surface area contributed by atoms with E-state index in [4.69, 9.17) is 5.11 Å². The van der Waals surface area contributed by atoms with E-state index in [0.717, 1.165) is 0 Å². The highest BCUT2D eigenvalue weighted by Gasteiger charge is 2.32. The average molecular weight is 300 g/mol. The highest BCUT2D eigenvalue weighted by molar-refractivity contribution is 5.91. The molecule has 0 unspecified atom stereocenters. The van der Waals surface area contributed by atoms with E-state index >= 15 is 0 Å². The Morgan fingerprint density at radius 2 is 2.05 bits per heavy atom. The zero-order chi connectivity index (χ0) is 15.4. The fourth-order valence-corrected chi connectivity index (χ4v) is 2.07. The Balaban J connectivity index is 1.91. The van der Waals surface area contributed by atoms with E-state index < -0.39 is 18.6 Å². The molecule has 1 aliphatic rings. The fourth-order valence-electron chi connectivity index (χ4n) is 2.07. The van der Waals surface area contributed by atoms with Crippen LogP contribution in [0.15, 0.2) is 24.3 Å². The van der Waals surface area contributed by atoms with E-state index in [-0.39, 0.29) is 23.8 Å². The molecule has 0 saturated carbocycles. The van der Waals surface area contributed by atoms with Crippen molar-refractivity contribution in [2.24, 2.45) is 5.92 Å². The number of nitrogens with one attached hydrogen (secondary N) is 1. The van der Waals surface area contributed by atoms with E-state index in [2.05, 4.69) is 10.1 Å². The second kappa shape index (κ2) is 6.38. The van der Waals surface area contributed by atoms with Crippen LogP contribution in [0.4, 0.5) is 19.3 Å². The molecule has 21 heavy (non-hydrogen) atoms. The SMILES string of the molecule is O=C(O)CC1CN(C(=O)Nc2ccccc2OC(F)F)C1. The van der Waals surface area contributed by atoms with Crippen LogP contribution in [0.3, 0.4) is 0 Å². The summed E-state index contributed by atoms with van der Waals surface area (Å²) in [6.07, 6.45) is 0.00879. The number of alkyl halides is 2. The van der Waals surface area contributed by atoms with E-state index in [1.54, 1.807) is 6.07 Å². The molecule has 0 atom stereocenters. The molecule has 114 valence electrons. The van der Waals surface area contributed by atoms with Gasteiger partial charge in [-0.1, -0.05) is 12.1 Å². The van der Waals surface area contributed by atoms with Gasteiger partial charge >= 0.3 is 18.6 Å². The van der Waals surface area contributed by atoms with Gasteiger partial charge in [-0.25, -0.2) is 4.79 Å². The minimum absolute atomic E-state index is 0.00879. The number of urea groups is 1. The van der Waals surface area contributed by atoms with Crippen molar-refractivity contribution in [2.45, 2.75) is 13.0 Å². The normalized spacial score (nSPS) is 14.7. The zero-order valence-corrected chi connectivity index (χ0v) is 11.0. The third kappa shape index (κ3) is 4.04. The molecular formula is C13H14F2N2O4. The van der Waals surface area contributed by atoms with Crippen molar-refractivity contribution in [1.29, 1.82) is 0 Å². The molecule has 0 bridgehead atoms. The number of carbonyl (C=O) groups is 2. The summed E-state index contributed by atoms with van der Waals surface area (Å²) in [4.78, 5) is 23.8. The summed E-state index contributed by atoms with van der Waals surface area (Å²) >= 11 is 0. The number of carbonyl (C=O) groups excluding carboxylic acids is 1. The molecule has 1 aromatic rings. The van der Waals surface area contributed by atoms with Crippen molar-refractivity contribution in [3.05, 3.63) is 24.3 Å². The molecule has 0 spiro atoms. The Hall–Kier alpha value is -2.38. The Morgan fingerprint density at radius 3 is 2.67 bits per heavy atom. The van der Waals surface area contributed by atoms with Gasteiger partial charge in [-0.3, -0.25) is 4.79 Å². The summed E-state index contributed by atoms with van der Waals surface area (Å²) in [5, 5.41) is 11.1. The first-order valence-electron chi connectivity index (χ1n) is 6.27. The van der Waals surface area contributed by atoms with Gasteiger partial charge in [0.05, 0.1) is 12.1 Å². The lowest BCUT2D eigenvalue weighted by Gasteiger charge is -2.38. The zero-order valence-electron chi connectivity index (χ0n) is 11.0. The molecule has 0 aromatic heterocycles. The number of rotatable bonds is 5. The van der Waals surface area contributed by atoms with Gasteiger partial charge in [0.15, 0.2) is 0 Å². The quantitative estimate of drug-likeness (QED) is 0.874. The summed E-state index contributed by atoms with van der Waals surface area (Å²) in [5.41, 5.74) is 0.143. The van der Waals surface area contributed by atoms with Gasteiger partial charge in [0.1, 0.15) is 5.75 Å². The fraction of sp³-hybridized carbons (Fsp3) is 0.385. The number of hydrogen-bond acceptors (Lipinski definition) is 3. The smallest absolute Gasteiger partial charge is 0.387 e. The van der Waals surface area contributed by atoms with Crippen molar-refractivity contribution < 1.29 is 28.2 Å². The Morgan fingerprint density at radius 1 is 1.38 bits per heavy atom. The second-order valence-electron chi connectivity index (χ2n) is 4.67. The highest BCUT2D eigenvalue weighted by atomic mass is 19.3. The number of carboxylic acid groups (broad SMARTS) is 1. The van der Waals surface area contributed by atoms with Crippen LogP contribution in [-0.4, -0.2) is 41.7 Å². The van der Waals surface area contributed by atoms with Gasteiger partial charge in [0.25, 0.3) is 0 Å². The Bertz CT molecular complexity index is 533. The number of carboxylic acids is 1. The molecule has 0 radical (unpaired) electrons. The largest absolute Gasteiger partial charge is 0.481 e. The highest BCUT2D eigenvalue weighted by Crippen LogP contribution is 2.27. The van der Waals surface area contributed by atoms with Gasteiger partial charge in [0.2, 0.25) is 0 Å². The van der Waals surface area contributed by atoms with Crippen molar-refractivity contribution in [2.75, 3.05) is 18.4 Å². The van der Waals surface area contributed by atoms with Crippen molar-refractivity contribution in [3.8, 4) is 5.75 Å². The van der Waals surface area contributed by atoms with Crippen molar-refractivity contribution in [3.63, 3.8) is 0 Å². The Labute approximate surface area is 119 Å². The molecule has 8 heteroatoms. The molecule has 2 amide bonds. The maximum Gasteiger partial charge on any atom is 0.387 e. The maximum absolute atomic E-state index is 12.2. The summed E-state index contributed by atoms with van der Waals surface area (Å²) in [5.74, 6) is -1.10. The standard InChI is InChI=1S/C13H14F2N2O4/c14-12(15)21-10-4-2-1-3-9(10)16-13(20)17-6-8(7-17)5-11(18)19/h1-4,8,12H,5-7H2,(H,16,20)(H,18,19). The molecule has 2 N–H and O–H groups in total. The molecule has 1 aromatic carbocycles. The lowest BCUT2D eigenvalue weighted by atomic mass is 9.97. The minimum atomic E-state index is -2.98. The minimum Gasteiger partial charge on any atom is -0.481 e. The van der Waals surface area contributed by atoms with E-state index in [1.165, 1.54) is 23.1 Å². The van der Waals surface area contributed by atoms with Crippen LogP contribution < -0.4 is 10.1 Å². The van der Waals surface area contributed by atoms with E-state index in [0.29, 0.717) is 13.1 Å². The van der Waals surface area contributed by atoms with Crippen molar-refractivity contribution >= 4 is 17.7 Å². The number of likely N-dealkylation sites (tertiary alicyclic amines) is 1. The van der Waals surface area contributed by atoms with E-state index in [9.17, 15) is 18.4 Å². The van der Waals surface area contributed by atoms with Crippen LogP contribution in [-0.2, 0) is 4.79 Å². The van der Waals surface area contributed by atoms with Crippen LogP contribution in [0, 0.1) is 5.92 Å². The molecule has 1 saturated heterocycles. The number of halogens is 2. The van der Waals surface area contributed by atoms with Gasteiger partial charge in [-0.05, 0) is 12.1 Å². The monoisotopic (exact) mass is 300 g/mol. The summed E-state index contributed by atoms with van der Waals surface area (Å²) in [6, 6.07) is 5.40. The number of anilines is 1. The lowest BCUT2D eigenvalue weighted by molar-refractivity contribution is -0.139. The van der Waals surface area contributed by atoms with Crippen LogP contribution in [0.25, 0.3) is 0 Å². The summed E-state index contributed by atoms with van der Waals surface area (Å²) in [7, 11) is 0. The molecular weight excluding hydrogens is 286 g/mol. The summed E-state index contributed by atoms with van der Waals surface area (Å²) < 4.78 is 28.8. The number of amides is 2.